The van der Waals surface area contributed by atoms with Crippen molar-refractivity contribution < 1.29 is 13.2 Å². The zero-order chi connectivity index (χ0) is 20.8. The molecule has 3 nitrogen and oxygen atoms in total. The summed E-state index contributed by atoms with van der Waals surface area (Å²) in [4.78, 5) is 6.62. The fraction of sp³-hybridized carbons (Fsp3) is 0.0800. The molecule has 0 aliphatic carbocycles. The predicted molar refractivity (Wildman–Crippen MR) is 117 cm³/mol. The first kappa shape index (κ1) is 18.3. The van der Waals surface area contributed by atoms with Gasteiger partial charge in [0.25, 0.3) is 0 Å². The molecule has 0 saturated heterocycles. The Hall–Kier alpha value is -3.73. The minimum Gasteiger partial charge on any atom is -0.435 e. The van der Waals surface area contributed by atoms with Crippen LogP contribution in [0.2, 0.25) is 0 Å². The summed E-state index contributed by atoms with van der Waals surface area (Å²) in [7, 11) is 4.01. The molecule has 0 aliphatic rings. The van der Waals surface area contributed by atoms with Crippen LogP contribution >= 0.6 is 0 Å². The summed E-state index contributed by atoms with van der Waals surface area (Å²) in [6.45, 7) is 0. The number of aromatic nitrogens is 1. The molecule has 5 aromatic rings. The highest BCUT2D eigenvalue weighted by Gasteiger charge is 2.16. The zero-order valence-electron chi connectivity index (χ0n) is 16.5. The topological polar surface area (TPSA) is 29.3 Å². The van der Waals surface area contributed by atoms with Crippen molar-refractivity contribution >= 4 is 27.6 Å². The summed E-state index contributed by atoms with van der Waals surface area (Å²) < 4.78 is 33.0. The van der Waals surface area contributed by atoms with Crippen molar-refractivity contribution in [1.29, 1.82) is 0 Å². The third-order valence-electron chi connectivity index (χ3n) is 5.26. The van der Waals surface area contributed by atoms with Gasteiger partial charge < -0.3 is 9.32 Å². The first-order chi connectivity index (χ1) is 14.5. The quantitative estimate of drug-likeness (QED) is 0.339. The lowest BCUT2D eigenvalue weighted by Gasteiger charge is -2.13. The first-order valence-corrected chi connectivity index (χ1v) is 9.57. The summed E-state index contributed by atoms with van der Waals surface area (Å²) in [5, 5.41) is 1.96. The second-order valence-corrected chi connectivity index (χ2v) is 7.41. The van der Waals surface area contributed by atoms with Gasteiger partial charge in [-0.15, -0.1) is 0 Å². The van der Waals surface area contributed by atoms with E-state index in [4.69, 9.17) is 4.42 Å². The third-order valence-corrected chi connectivity index (χ3v) is 5.26. The van der Waals surface area contributed by atoms with Gasteiger partial charge in [-0.3, -0.25) is 0 Å². The molecule has 0 spiro atoms. The average Bonchev–Trinajstić information content (AvgIpc) is 3.20. The smallest absolute Gasteiger partial charge is 0.227 e. The number of hydrogen-bond acceptors (Lipinski definition) is 3. The molecule has 4 aromatic carbocycles. The molecular weight excluding hydrogens is 382 g/mol. The molecule has 5 rings (SSSR count). The largest absolute Gasteiger partial charge is 0.435 e. The van der Waals surface area contributed by atoms with Crippen LogP contribution in [0.1, 0.15) is 0 Å². The molecule has 0 amide bonds. The summed E-state index contributed by atoms with van der Waals surface area (Å²) in [5.74, 6) is -1.57. The fourth-order valence-electron chi connectivity index (χ4n) is 3.68. The number of rotatable bonds is 3. The van der Waals surface area contributed by atoms with Crippen LogP contribution in [0.5, 0.6) is 0 Å². The van der Waals surface area contributed by atoms with Gasteiger partial charge in [0.2, 0.25) is 5.89 Å². The van der Waals surface area contributed by atoms with Gasteiger partial charge in [-0.05, 0) is 52.9 Å². The van der Waals surface area contributed by atoms with E-state index < -0.39 is 11.6 Å². The molecule has 0 fully saturated rings. The van der Waals surface area contributed by atoms with Gasteiger partial charge in [-0.25, -0.2) is 13.8 Å². The SMILES string of the molecule is CN(C)c1ccc(-c2cc3nc(-c4ccc(F)c(F)c4)oc3c3ccccc23)cc1. The molecule has 0 bridgehead atoms. The van der Waals surface area contributed by atoms with Crippen LogP contribution in [0.3, 0.4) is 0 Å². The lowest BCUT2D eigenvalue weighted by Crippen LogP contribution is -2.07. The summed E-state index contributed by atoms with van der Waals surface area (Å²) >= 11 is 0. The monoisotopic (exact) mass is 400 g/mol. The van der Waals surface area contributed by atoms with E-state index in [1.807, 2.05) is 44.4 Å². The number of anilines is 1. The Morgan fingerprint density at radius 3 is 2.17 bits per heavy atom. The highest BCUT2D eigenvalue weighted by Crippen LogP contribution is 2.37. The Morgan fingerprint density at radius 1 is 0.767 bits per heavy atom. The van der Waals surface area contributed by atoms with E-state index in [-0.39, 0.29) is 5.89 Å². The highest BCUT2D eigenvalue weighted by molar-refractivity contribution is 6.10. The number of oxazole rings is 1. The zero-order valence-corrected chi connectivity index (χ0v) is 16.5. The number of fused-ring (bicyclic) bond motifs is 3. The second-order valence-electron chi connectivity index (χ2n) is 7.41. The molecule has 0 aliphatic heterocycles. The van der Waals surface area contributed by atoms with Crippen molar-refractivity contribution in [1.82, 2.24) is 4.98 Å². The maximum absolute atomic E-state index is 13.7. The molecule has 0 atom stereocenters. The van der Waals surface area contributed by atoms with Crippen LogP contribution in [0.15, 0.2) is 77.2 Å². The highest BCUT2D eigenvalue weighted by atomic mass is 19.2. The Bertz CT molecular complexity index is 1390. The minimum absolute atomic E-state index is 0.258. The predicted octanol–water partition coefficient (Wildman–Crippen LogP) is 6.66. The molecule has 5 heteroatoms. The third kappa shape index (κ3) is 2.99. The van der Waals surface area contributed by atoms with E-state index in [0.717, 1.165) is 39.7 Å². The van der Waals surface area contributed by atoms with E-state index >= 15 is 0 Å². The van der Waals surface area contributed by atoms with Crippen molar-refractivity contribution in [2.24, 2.45) is 0 Å². The van der Waals surface area contributed by atoms with Gasteiger partial charge in [-0.1, -0.05) is 36.4 Å². The molecule has 1 heterocycles. The van der Waals surface area contributed by atoms with Crippen molar-refractivity contribution in [3.05, 3.63) is 84.4 Å². The van der Waals surface area contributed by atoms with E-state index in [9.17, 15) is 8.78 Å². The molecule has 148 valence electrons. The van der Waals surface area contributed by atoms with Gasteiger partial charge in [-0.2, -0.15) is 0 Å². The Balaban J connectivity index is 1.72. The maximum atomic E-state index is 13.7. The van der Waals surface area contributed by atoms with Gasteiger partial charge in [0.05, 0.1) is 0 Å². The molecule has 0 saturated carbocycles. The number of hydrogen-bond donors (Lipinski definition) is 0. The normalized spacial score (nSPS) is 11.3. The summed E-state index contributed by atoms with van der Waals surface area (Å²) in [6, 6.07) is 21.9. The molecule has 0 N–H and O–H groups in total. The van der Waals surface area contributed by atoms with Gasteiger partial charge in [0, 0.05) is 30.7 Å². The summed E-state index contributed by atoms with van der Waals surface area (Å²) in [5.41, 5.74) is 4.90. The van der Waals surface area contributed by atoms with Crippen LogP contribution in [0.25, 0.3) is 44.5 Å². The molecular formula is C25H18F2N2O. The first-order valence-electron chi connectivity index (χ1n) is 9.57. The number of halogens is 2. The molecule has 1 aromatic heterocycles. The number of nitrogens with zero attached hydrogens (tertiary/aromatic N) is 2. The molecule has 30 heavy (non-hydrogen) atoms. The van der Waals surface area contributed by atoms with Gasteiger partial charge in [0.1, 0.15) is 5.52 Å². The van der Waals surface area contributed by atoms with Crippen LogP contribution in [-0.4, -0.2) is 19.1 Å². The maximum Gasteiger partial charge on any atom is 0.227 e. The Kier molecular flexibility index (Phi) is 4.24. The van der Waals surface area contributed by atoms with Crippen LogP contribution in [0.4, 0.5) is 14.5 Å². The van der Waals surface area contributed by atoms with Crippen LogP contribution in [0, 0.1) is 11.6 Å². The van der Waals surface area contributed by atoms with Crippen LogP contribution < -0.4 is 4.90 Å². The van der Waals surface area contributed by atoms with Gasteiger partial charge in [0.15, 0.2) is 17.2 Å². The molecule has 0 radical (unpaired) electrons. The van der Waals surface area contributed by atoms with Crippen LogP contribution in [-0.2, 0) is 0 Å². The van der Waals surface area contributed by atoms with E-state index in [0.29, 0.717) is 16.7 Å². The van der Waals surface area contributed by atoms with E-state index in [2.05, 4.69) is 34.1 Å². The fourth-order valence-corrected chi connectivity index (χ4v) is 3.68. The Morgan fingerprint density at radius 2 is 1.47 bits per heavy atom. The summed E-state index contributed by atoms with van der Waals surface area (Å²) in [6.07, 6.45) is 0. The Labute approximate surface area is 172 Å². The standard InChI is InChI=1S/C25H18F2N2O/c1-29(2)17-10-7-15(8-11-17)20-14-23-24(19-6-4-3-5-18(19)20)30-25(28-23)16-9-12-21(26)22(27)13-16/h3-14H,1-2H3. The molecule has 0 unspecified atom stereocenters. The lowest BCUT2D eigenvalue weighted by molar-refractivity contribution is 0.508. The van der Waals surface area contributed by atoms with Crippen molar-refractivity contribution in [2.75, 3.05) is 19.0 Å². The average molecular weight is 400 g/mol. The minimum atomic E-state index is -0.929. The lowest BCUT2D eigenvalue weighted by atomic mass is 9.97. The van der Waals surface area contributed by atoms with Gasteiger partial charge >= 0.3 is 0 Å². The van der Waals surface area contributed by atoms with Crippen molar-refractivity contribution in [2.45, 2.75) is 0 Å². The second kappa shape index (κ2) is 6.95. The van der Waals surface area contributed by atoms with E-state index in [1.165, 1.54) is 6.07 Å². The van der Waals surface area contributed by atoms with Crippen molar-refractivity contribution in [3.63, 3.8) is 0 Å². The number of benzene rings is 4. The van der Waals surface area contributed by atoms with Crippen molar-refractivity contribution in [3.8, 4) is 22.6 Å². The van der Waals surface area contributed by atoms with E-state index in [1.54, 1.807) is 0 Å².